The van der Waals surface area contributed by atoms with Crippen LogP contribution in [0.1, 0.15) is 39.5 Å². The Labute approximate surface area is 90.2 Å². The van der Waals surface area contributed by atoms with Gasteiger partial charge in [-0.15, -0.1) is 0 Å². The first-order valence-electron chi connectivity index (χ1n) is 5.74. The van der Waals surface area contributed by atoms with Crippen molar-refractivity contribution >= 4 is 11.8 Å². The molecule has 3 heteroatoms. The number of hydrogen-bond acceptors (Lipinski definition) is 3. The Kier molecular flexibility index (Phi) is 2.57. The average molecular weight is 210 g/mol. The van der Waals surface area contributed by atoms with Gasteiger partial charge in [-0.1, -0.05) is 0 Å². The molecule has 0 heterocycles. The lowest BCUT2D eigenvalue weighted by molar-refractivity contribution is -0.154. The molecule has 2 rings (SSSR count). The van der Waals surface area contributed by atoms with E-state index in [0.29, 0.717) is 37.1 Å². The highest BCUT2D eigenvalue weighted by Gasteiger charge is 2.51. The van der Waals surface area contributed by atoms with E-state index in [-0.39, 0.29) is 11.4 Å². The molecule has 2 saturated carbocycles. The highest BCUT2D eigenvalue weighted by Crippen LogP contribution is 2.52. The molecule has 0 aromatic carbocycles. The number of esters is 1. The predicted octanol–water partition coefficient (Wildman–Crippen LogP) is 1.94. The van der Waals surface area contributed by atoms with Crippen LogP contribution in [0.3, 0.4) is 0 Å². The molecule has 15 heavy (non-hydrogen) atoms. The Bertz CT molecular complexity index is 279. The van der Waals surface area contributed by atoms with Crippen molar-refractivity contribution in [1.82, 2.24) is 0 Å². The van der Waals surface area contributed by atoms with E-state index in [9.17, 15) is 9.59 Å². The van der Waals surface area contributed by atoms with Crippen molar-refractivity contribution in [2.45, 2.75) is 39.5 Å². The summed E-state index contributed by atoms with van der Waals surface area (Å²) in [5, 5.41) is 0. The Morgan fingerprint density at radius 2 is 1.93 bits per heavy atom. The first-order chi connectivity index (χ1) is 7.05. The average Bonchev–Trinajstić information content (AvgIpc) is 2.59. The van der Waals surface area contributed by atoms with E-state index < -0.39 is 0 Å². The van der Waals surface area contributed by atoms with E-state index in [1.54, 1.807) is 0 Å². The predicted molar refractivity (Wildman–Crippen MR) is 55.2 cm³/mol. The van der Waals surface area contributed by atoms with E-state index in [0.717, 1.165) is 12.8 Å². The molecule has 0 aliphatic heterocycles. The second kappa shape index (κ2) is 3.62. The molecule has 1 unspecified atom stereocenters. The zero-order chi connectivity index (χ0) is 11.1. The topological polar surface area (TPSA) is 43.4 Å². The van der Waals surface area contributed by atoms with Crippen LogP contribution in [0, 0.1) is 17.3 Å². The summed E-state index contributed by atoms with van der Waals surface area (Å²) in [4.78, 5) is 23.0. The van der Waals surface area contributed by atoms with E-state index in [2.05, 4.69) is 0 Å². The Morgan fingerprint density at radius 3 is 2.40 bits per heavy atom. The van der Waals surface area contributed by atoms with Gasteiger partial charge in [-0.2, -0.15) is 0 Å². The fourth-order valence-corrected chi connectivity index (χ4v) is 3.19. The number of ketones is 1. The fourth-order valence-electron chi connectivity index (χ4n) is 3.19. The van der Waals surface area contributed by atoms with Gasteiger partial charge in [0.05, 0.1) is 12.0 Å². The zero-order valence-electron chi connectivity index (χ0n) is 9.41. The number of Topliss-reactive ketones (excluding diaryl/α,β-unsaturated/α-hetero) is 1. The van der Waals surface area contributed by atoms with Gasteiger partial charge in [-0.05, 0) is 38.5 Å². The number of ether oxygens (including phenoxy) is 1. The second-order valence-corrected chi connectivity index (χ2v) is 5.16. The number of carbonyl (C=O) groups excluding carboxylic acids is 2. The molecule has 0 bridgehead atoms. The highest BCUT2D eigenvalue weighted by molar-refractivity contribution is 5.83. The molecule has 0 aromatic heterocycles. The molecule has 0 spiro atoms. The minimum atomic E-state index is -0.327. The summed E-state index contributed by atoms with van der Waals surface area (Å²) in [6, 6.07) is 0. The van der Waals surface area contributed by atoms with Gasteiger partial charge in [-0.3, -0.25) is 9.59 Å². The van der Waals surface area contributed by atoms with Gasteiger partial charge in [0.2, 0.25) is 0 Å². The van der Waals surface area contributed by atoms with Crippen LogP contribution in [0.15, 0.2) is 0 Å². The molecular formula is C12H18O3. The Balaban J connectivity index is 2.03. The lowest BCUT2D eigenvalue weighted by Gasteiger charge is -2.22. The standard InChI is InChI=1S/C12H18O3/c1-3-15-11(14)12(2)6-8-4-10(13)5-9(8)7-12/h8-9H,3-7H2,1-2H3/t8-,9+,12?. The van der Waals surface area contributed by atoms with Crippen LogP contribution in [-0.2, 0) is 14.3 Å². The number of rotatable bonds is 2. The minimum absolute atomic E-state index is 0.0770. The third kappa shape index (κ3) is 1.80. The Morgan fingerprint density at radius 1 is 1.40 bits per heavy atom. The molecule has 3 nitrogen and oxygen atoms in total. The molecule has 3 atom stereocenters. The zero-order valence-corrected chi connectivity index (χ0v) is 9.41. The lowest BCUT2D eigenvalue weighted by Crippen LogP contribution is -2.28. The molecule has 2 aliphatic rings. The quantitative estimate of drug-likeness (QED) is 0.654. The molecule has 0 amide bonds. The maximum Gasteiger partial charge on any atom is 0.311 e. The van der Waals surface area contributed by atoms with Gasteiger partial charge >= 0.3 is 5.97 Å². The molecular weight excluding hydrogens is 192 g/mol. The monoisotopic (exact) mass is 210 g/mol. The van der Waals surface area contributed by atoms with Crippen molar-refractivity contribution in [3.63, 3.8) is 0 Å². The van der Waals surface area contributed by atoms with Crippen LogP contribution in [0.2, 0.25) is 0 Å². The molecule has 2 fully saturated rings. The van der Waals surface area contributed by atoms with Crippen LogP contribution >= 0.6 is 0 Å². The van der Waals surface area contributed by atoms with Crippen molar-refractivity contribution in [2.75, 3.05) is 6.61 Å². The molecule has 84 valence electrons. The van der Waals surface area contributed by atoms with E-state index in [4.69, 9.17) is 4.74 Å². The van der Waals surface area contributed by atoms with Gasteiger partial charge in [0.1, 0.15) is 5.78 Å². The van der Waals surface area contributed by atoms with Crippen LogP contribution in [-0.4, -0.2) is 18.4 Å². The summed E-state index contributed by atoms with van der Waals surface area (Å²) in [6.45, 7) is 4.26. The maximum absolute atomic E-state index is 11.8. The van der Waals surface area contributed by atoms with E-state index in [1.165, 1.54) is 0 Å². The van der Waals surface area contributed by atoms with Gasteiger partial charge in [0.15, 0.2) is 0 Å². The molecule has 0 N–H and O–H groups in total. The van der Waals surface area contributed by atoms with Gasteiger partial charge in [-0.25, -0.2) is 0 Å². The van der Waals surface area contributed by atoms with E-state index in [1.807, 2.05) is 13.8 Å². The second-order valence-electron chi connectivity index (χ2n) is 5.16. The van der Waals surface area contributed by atoms with Gasteiger partial charge in [0, 0.05) is 12.8 Å². The van der Waals surface area contributed by atoms with Crippen LogP contribution in [0.25, 0.3) is 0 Å². The SMILES string of the molecule is CCOC(=O)C1(C)C[C@H]2CC(=O)C[C@H]2C1. The summed E-state index contributed by atoms with van der Waals surface area (Å²) in [5.74, 6) is 1.17. The Hall–Kier alpha value is -0.860. The number of hydrogen-bond donors (Lipinski definition) is 0. The van der Waals surface area contributed by atoms with Crippen molar-refractivity contribution in [2.24, 2.45) is 17.3 Å². The third-order valence-corrected chi connectivity index (χ3v) is 3.84. The number of carbonyl (C=O) groups is 2. The third-order valence-electron chi connectivity index (χ3n) is 3.84. The lowest BCUT2D eigenvalue weighted by atomic mass is 9.86. The van der Waals surface area contributed by atoms with Crippen molar-refractivity contribution in [1.29, 1.82) is 0 Å². The first kappa shape index (κ1) is 10.7. The largest absolute Gasteiger partial charge is 0.466 e. The number of fused-ring (bicyclic) bond motifs is 1. The first-order valence-corrected chi connectivity index (χ1v) is 5.74. The van der Waals surface area contributed by atoms with E-state index >= 15 is 0 Å². The van der Waals surface area contributed by atoms with Crippen molar-refractivity contribution < 1.29 is 14.3 Å². The van der Waals surface area contributed by atoms with Crippen LogP contribution in [0.4, 0.5) is 0 Å². The van der Waals surface area contributed by atoms with Crippen LogP contribution < -0.4 is 0 Å². The molecule has 0 radical (unpaired) electrons. The summed E-state index contributed by atoms with van der Waals surface area (Å²) in [6.07, 6.45) is 3.03. The van der Waals surface area contributed by atoms with Crippen molar-refractivity contribution in [3.05, 3.63) is 0 Å². The molecule has 0 aromatic rings. The van der Waals surface area contributed by atoms with Gasteiger partial charge in [0.25, 0.3) is 0 Å². The summed E-state index contributed by atoms with van der Waals surface area (Å²) in [7, 11) is 0. The summed E-state index contributed by atoms with van der Waals surface area (Å²) < 4.78 is 5.10. The van der Waals surface area contributed by atoms with Gasteiger partial charge < -0.3 is 4.74 Å². The maximum atomic E-state index is 11.8. The normalized spacial score (nSPS) is 39.2. The highest BCUT2D eigenvalue weighted by atomic mass is 16.5. The molecule has 0 saturated heterocycles. The minimum Gasteiger partial charge on any atom is -0.466 e. The summed E-state index contributed by atoms with van der Waals surface area (Å²) in [5.41, 5.74) is -0.327. The van der Waals surface area contributed by atoms with Crippen LogP contribution in [0.5, 0.6) is 0 Å². The van der Waals surface area contributed by atoms with Crippen molar-refractivity contribution in [3.8, 4) is 0 Å². The summed E-state index contributed by atoms with van der Waals surface area (Å²) >= 11 is 0. The molecule has 2 aliphatic carbocycles. The fraction of sp³-hybridized carbons (Fsp3) is 0.833. The smallest absolute Gasteiger partial charge is 0.311 e.